The Morgan fingerprint density at radius 1 is 1.55 bits per heavy atom. The van der Waals surface area contributed by atoms with Crippen LogP contribution in [0.3, 0.4) is 0 Å². The van der Waals surface area contributed by atoms with E-state index in [4.69, 9.17) is 0 Å². The minimum Gasteiger partial charge on any atom is -0.469 e. The van der Waals surface area contributed by atoms with E-state index in [-0.39, 0.29) is 5.97 Å². The van der Waals surface area contributed by atoms with Crippen molar-refractivity contribution in [2.75, 3.05) is 7.11 Å². The van der Waals surface area contributed by atoms with Crippen molar-refractivity contribution in [2.24, 2.45) is 0 Å². The zero-order valence-corrected chi connectivity index (χ0v) is 6.85. The average molecular weight is 153 g/mol. The standard InChI is InChI=1S/C9H13O2/c1-3-4-5-6-7-8-9(10)11-2/h1,5-8H2,2H3. The van der Waals surface area contributed by atoms with Gasteiger partial charge >= 0.3 is 5.97 Å². The number of hydrogen-bond donors (Lipinski definition) is 0. The molecule has 0 aromatic heterocycles. The molecule has 0 atom stereocenters. The quantitative estimate of drug-likeness (QED) is 0.348. The first kappa shape index (κ1) is 10.0. The van der Waals surface area contributed by atoms with Gasteiger partial charge in [-0.3, -0.25) is 4.79 Å². The summed E-state index contributed by atoms with van der Waals surface area (Å²) in [6.45, 7) is 3.38. The Morgan fingerprint density at radius 2 is 2.27 bits per heavy atom. The van der Waals surface area contributed by atoms with Crippen LogP contribution in [0.2, 0.25) is 0 Å². The second-order valence-corrected chi connectivity index (χ2v) is 2.14. The normalized spacial score (nSPS) is 8.18. The van der Waals surface area contributed by atoms with Crippen molar-refractivity contribution in [1.29, 1.82) is 0 Å². The second kappa shape index (κ2) is 7.14. The Balaban J connectivity index is 3.12. The molecule has 2 nitrogen and oxygen atoms in total. The fourth-order valence-corrected chi connectivity index (χ4v) is 0.673. The molecule has 0 fully saturated rings. The first-order valence-electron chi connectivity index (χ1n) is 3.63. The van der Waals surface area contributed by atoms with Gasteiger partial charge in [0, 0.05) is 19.8 Å². The summed E-state index contributed by atoms with van der Waals surface area (Å²) in [6, 6.07) is 0. The third kappa shape index (κ3) is 6.92. The lowest BCUT2D eigenvalue weighted by Gasteiger charge is -1.95. The van der Waals surface area contributed by atoms with Crippen LogP contribution in [0.25, 0.3) is 0 Å². The Labute approximate surface area is 67.9 Å². The van der Waals surface area contributed by atoms with E-state index in [0.29, 0.717) is 6.42 Å². The summed E-state index contributed by atoms with van der Waals surface area (Å²) in [7, 11) is 1.40. The van der Waals surface area contributed by atoms with Crippen LogP contribution in [0, 0.1) is 18.8 Å². The molecule has 0 heterocycles. The molecule has 11 heavy (non-hydrogen) atoms. The Morgan fingerprint density at radius 3 is 2.82 bits per heavy atom. The summed E-state index contributed by atoms with van der Waals surface area (Å²) in [5.74, 6) is 5.23. The van der Waals surface area contributed by atoms with Crippen LogP contribution < -0.4 is 0 Å². The van der Waals surface area contributed by atoms with Crippen LogP contribution in [0.4, 0.5) is 0 Å². The van der Waals surface area contributed by atoms with Crippen LogP contribution in [0.15, 0.2) is 0 Å². The molecular formula is C9H13O2. The number of carbonyl (C=O) groups excluding carboxylic acids is 1. The van der Waals surface area contributed by atoms with Crippen molar-refractivity contribution >= 4 is 5.97 Å². The van der Waals surface area contributed by atoms with Gasteiger partial charge in [-0.15, -0.1) is 11.8 Å². The van der Waals surface area contributed by atoms with Crippen LogP contribution in [0.5, 0.6) is 0 Å². The van der Waals surface area contributed by atoms with E-state index in [1.165, 1.54) is 7.11 Å². The lowest BCUT2D eigenvalue weighted by molar-refractivity contribution is -0.140. The molecule has 0 bridgehead atoms. The number of hydrogen-bond acceptors (Lipinski definition) is 2. The first-order valence-corrected chi connectivity index (χ1v) is 3.63. The maximum absolute atomic E-state index is 10.6. The van der Waals surface area contributed by atoms with E-state index in [2.05, 4.69) is 23.5 Å². The smallest absolute Gasteiger partial charge is 0.305 e. The van der Waals surface area contributed by atoms with Gasteiger partial charge in [0.25, 0.3) is 0 Å². The number of esters is 1. The predicted molar refractivity (Wildman–Crippen MR) is 43.6 cm³/mol. The van der Waals surface area contributed by atoms with Gasteiger partial charge in [-0.05, 0) is 12.8 Å². The maximum atomic E-state index is 10.6. The highest BCUT2D eigenvalue weighted by Crippen LogP contribution is 1.99. The predicted octanol–water partition coefficient (Wildman–Crippen LogP) is 1.56. The van der Waals surface area contributed by atoms with Gasteiger partial charge in [0.05, 0.1) is 7.11 Å². The zero-order chi connectivity index (χ0) is 8.53. The lowest BCUT2D eigenvalue weighted by atomic mass is 10.2. The highest BCUT2D eigenvalue weighted by atomic mass is 16.5. The molecule has 0 aliphatic heterocycles. The fourth-order valence-electron chi connectivity index (χ4n) is 0.673. The van der Waals surface area contributed by atoms with Gasteiger partial charge in [-0.1, -0.05) is 0 Å². The molecule has 0 spiro atoms. The summed E-state index contributed by atoms with van der Waals surface area (Å²) < 4.78 is 4.47. The molecule has 61 valence electrons. The zero-order valence-electron chi connectivity index (χ0n) is 6.85. The van der Waals surface area contributed by atoms with Crippen molar-refractivity contribution in [2.45, 2.75) is 25.7 Å². The van der Waals surface area contributed by atoms with Crippen LogP contribution >= 0.6 is 0 Å². The number of rotatable bonds is 4. The molecule has 2 heteroatoms. The highest BCUT2D eigenvalue weighted by Gasteiger charge is 1.97. The van der Waals surface area contributed by atoms with E-state index in [1.807, 2.05) is 0 Å². The molecule has 0 amide bonds. The molecular weight excluding hydrogens is 140 g/mol. The molecule has 0 N–H and O–H groups in total. The summed E-state index contributed by atoms with van der Waals surface area (Å²) in [5.41, 5.74) is 0. The Bertz CT molecular complexity index is 162. The summed E-state index contributed by atoms with van der Waals surface area (Å²) in [6.07, 6.45) is 3.11. The number of ether oxygens (including phenoxy) is 1. The molecule has 0 aliphatic rings. The van der Waals surface area contributed by atoms with E-state index in [1.54, 1.807) is 0 Å². The number of carbonyl (C=O) groups is 1. The van der Waals surface area contributed by atoms with Gasteiger partial charge < -0.3 is 4.74 Å². The van der Waals surface area contributed by atoms with Crippen LogP contribution in [0.1, 0.15) is 25.7 Å². The van der Waals surface area contributed by atoms with Gasteiger partial charge in [0.1, 0.15) is 0 Å². The van der Waals surface area contributed by atoms with E-state index < -0.39 is 0 Å². The van der Waals surface area contributed by atoms with Gasteiger partial charge in [0.15, 0.2) is 0 Å². The van der Waals surface area contributed by atoms with E-state index in [0.717, 1.165) is 19.3 Å². The average Bonchev–Trinajstić information content (AvgIpc) is 2.04. The molecule has 0 aromatic rings. The molecule has 0 saturated heterocycles. The highest BCUT2D eigenvalue weighted by molar-refractivity contribution is 5.68. The van der Waals surface area contributed by atoms with E-state index >= 15 is 0 Å². The second-order valence-electron chi connectivity index (χ2n) is 2.14. The number of unbranched alkanes of at least 4 members (excludes halogenated alkanes) is 2. The summed E-state index contributed by atoms with van der Waals surface area (Å²) in [4.78, 5) is 10.6. The Hall–Kier alpha value is -0.970. The van der Waals surface area contributed by atoms with Crippen molar-refractivity contribution in [1.82, 2.24) is 0 Å². The minimum absolute atomic E-state index is 0.146. The molecule has 0 rings (SSSR count). The maximum Gasteiger partial charge on any atom is 0.305 e. The van der Waals surface area contributed by atoms with Crippen molar-refractivity contribution in [3.8, 4) is 11.8 Å². The van der Waals surface area contributed by atoms with Crippen molar-refractivity contribution in [3.63, 3.8) is 0 Å². The summed E-state index contributed by atoms with van der Waals surface area (Å²) in [5, 5.41) is 0. The fraction of sp³-hybridized carbons (Fsp3) is 0.556. The van der Waals surface area contributed by atoms with Gasteiger partial charge in [-0.2, -0.15) is 0 Å². The minimum atomic E-state index is -0.146. The topological polar surface area (TPSA) is 26.3 Å². The molecule has 0 aliphatic carbocycles. The number of methoxy groups -OCH3 is 1. The van der Waals surface area contributed by atoms with Gasteiger partial charge in [-0.25, -0.2) is 0 Å². The monoisotopic (exact) mass is 153 g/mol. The van der Waals surface area contributed by atoms with Gasteiger partial charge in [0.2, 0.25) is 0 Å². The third-order valence-corrected chi connectivity index (χ3v) is 1.29. The molecule has 1 radical (unpaired) electrons. The SMILES string of the molecule is [CH2]C#CCCCCC(=O)OC. The molecule has 0 unspecified atom stereocenters. The first-order chi connectivity index (χ1) is 5.31. The lowest BCUT2D eigenvalue weighted by Crippen LogP contribution is -1.98. The van der Waals surface area contributed by atoms with E-state index in [9.17, 15) is 4.79 Å². The van der Waals surface area contributed by atoms with Crippen molar-refractivity contribution < 1.29 is 9.53 Å². The van der Waals surface area contributed by atoms with Crippen LogP contribution in [-0.2, 0) is 9.53 Å². The van der Waals surface area contributed by atoms with Crippen LogP contribution in [-0.4, -0.2) is 13.1 Å². The van der Waals surface area contributed by atoms with Crippen molar-refractivity contribution in [3.05, 3.63) is 6.92 Å². The summed E-state index contributed by atoms with van der Waals surface area (Å²) >= 11 is 0. The Kier molecular flexibility index (Phi) is 6.51. The molecule has 0 aromatic carbocycles. The largest absolute Gasteiger partial charge is 0.469 e. The third-order valence-electron chi connectivity index (χ3n) is 1.29. The molecule has 0 saturated carbocycles.